The van der Waals surface area contributed by atoms with Gasteiger partial charge in [-0.05, 0) is 36.0 Å². The first kappa shape index (κ1) is 18.3. The van der Waals surface area contributed by atoms with Crippen LogP contribution in [0.1, 0.15) is 52.0 Å². The fourth-order valence-electron chi connectivity index (χ4n) is 3.06. The maximum Gasteiger partial charge on any atom is 0.331 e. The lowest BCUT2D eigenvalue weighted by atomic mass is 9.87. The molecule has 0 bridgehead atoms. The molecule has 0 atom stereocenters. The summed E-state index contributed by atoms with van der Waals surface area (Å²) in [5.41, 5.74) is 0.395. The number of ether oxygens (including phenoxy) is 2. The van der Waals surface area contributed by atoms with Crippen LogP contribution in [0.25, 0.3) is 0 Å². The van der Waals surface area contributed by atoms with Crippen LogP contribution in [0.4, 0.5) is 0 Å². The first-order valence-electron chi connectivity index (χ1n) is 8.40. The first-order chi connectivity index (χ1) is 11.3. The van der Waals surface area contributed by atoms with Crippen LogP contribution in [0, 0.1) is 0 Å². The van der Waals surface area contributed by atoms with Crippen LogP contribution in [-0.4, -0.2) is 31.1 Å². The number of amides is 1. The molecule has 5 heteroatoms. The molecule has 1 amide bonds. The number of methoxy groups -OCH3 is 1. The molecule has 24 heavy (non-hydrogen) atoms. The Bertz CT molecular complexity index is 580. The molecule has 1 saturated carbocycles. The summed E-state index contributed by atoms with van der Waals surface area (Å²) in [6, 6.07) is 7.72. The van der Waals surface area contributed by atoms with Crippen LogP contribution in [0.15, 0.2) is 24.3 Å². The molecule has 1 N–H and O–H groups in total. The van der Waals surface area contributed by atoms with Crippen LogP contribution >= 0.6 is 0 Å². The van der Waals surface area contributed by atoms with E-state index < -0.39 is 5.54 Å². The zero-order valence-electron chi connectivity index (χ0n) is 15.0. The van der Waals surface area contributed by atoms with E-state index in [4.69, 9.17) is 9.47 Å². The molecule has 1 aromatic carbocycles. The molecule has 132 valence electrons. The molecule has 1 aliphatic carbocycles. The van der Waals surface area contributed by atoms with Crippen LogP contribution in [0.2, 0.25) is 0 Å². The van der Waals surface area contributed by atoms with E-state index in [1.54, 1.807) is 0 Å². The Hall–Kier alpha value is -2.04. The fourth-order valence-corrected chi connectivity index (χ4v) is 3.06. The molecule has 0 aliphatic heterocycles. The number of nitrogens with one attached hydrogen (secondary N) is 1. The number of benzene rings is 1. The van der Waals surface area contributed by atoms with E-state index in [9.17, 15) is 9.59 Å². The van der Waals surface area contributed by atoms with Crippen LogP contribution in [0.5, 0.6) is 5.75 Å². The van der Waals surface area contributed by atoms with Gasteiger partial charge in [0.2, 0.25) is 0 Å². The number of carbonyl (C=O) groups excluding carboxylic acids is 2. The second-order valence-electron chi connectivity index (χ2n) is 7.39. The third-order valence-electron chi connectivity index (χ3n) is 4.50. The summed E-state index contributed by atoms with van der Waals surface area (Å²) < 4.78 is 10.4. The van der Waals surface area contributed by atoms with E-state index >= 15 is 0 Å². The van der Waals surface area contributed by atoms with Crippen molar-refractivity contribution in [3.63, 3.8) is 0 Å². The average Bonchev–Trinajstić information content (AvgIpc) is 3.01. The van der Waals surface area contributed by atoms with Crippen molar-refractivity contribution in [3.05, 3.63) is 29.8 Å². The molecular formula is C19H27NO4. The topological polar surface area (TPSA) is 64.6 Å². The first-order valence-corrected chi connectivity index (χ1v) is 8.40. The zero-order valence-corrected chi connectivity index (χ0v) is 15.0. The molecule has 0 unspecified atom stereocenters. The lowest BCUT2D eigenvalue weighted by molar-refractivity contribution is -0.151. The second-order valence-corrected chi connectivity index (χ2v) is 7.39. The monoisotopic (exact) mass is 333 g/mol. The van der Waals surface area contributed by atoms with Crippen molar-refractivity contribution in [2.45, 2.75) is 57.4 Å². The highest BCUT2D eigenvalue weighted by Gasteiger charge is 2.43. The highest BCUT2D eigenvalue weighted by atomic mass is 16.5. The van der Waals surface area contributed by atoms with Gasteiger partial charge in [0.05, 0.1) is 7.11 Å². The molecule has 0 radical (unpaired) electrons. The summed E-state index contributed by atoms with van der Waals surface area (Å²) in [4.78, 5) is 24.2. The smallest absolute Gasteiger partial charge is 0.331 e. The quantitative estimate of drug-likeness (QED) is 0.842. The van der Waals surface area contributed by atoms with Crippen molar-refractivity contribution < 1.29 is 19.1 Å². The van der Waals surface area contributed by atoms with Crippen molar-refractivity contribution in [3.8, 4) is 5.75 Å². The number of rotatable bonds is 5. The van der Waals surface area contributed by atoms with Gasteiger partial charge in [-0.25, -0.2) is 4.79 Å². The molecule has 2 rings (SSSR count). The number of hydrogen-bond acceptors (Lipinski definition) is 4. The highest BCUT2D eigenvalue weighted by Crippen LogP contribution is 2.30. The van der Waals surface area contributed by atoms with Gasteiger partial charge in [0.1, 0.15) is 11.3 Å². The van der Waals surface area contributed by atoms with Crippen molar-refractivity contribution in [2.75, 3.05) is 13.7 Å². The van der Waals surface area contributed by atoms with Gasteiger partial charge in [-0.1, -0.05) is 45.7 Å². The Morgan fingerprint density at radius 3 is 2.21 bits per heavy atom. The largest absolute Gasteiger partial charge is 0.484 e. The lowest BCUT2D eigenvalue weighted by Crippen LogP contribution is -2.54. The van der Waals surface area contributed by atoms with Gasteiger partial charge in [0.25, 0.3) is 5.91 Å². The SMILES string of the molecule is COC(=O)C1(NC(=O)COc2ccc(C(C)(C)C)cc2)CCCC1. The molecule has 1 aromatic rings. The summed E-state index contributed by atoms with van der Waals surface area (Å²) in [5, 5.41) is 2.81. The minimum Gasteiger partial charge on any atom is -0.484 e. The molecule has 5 nitrogen and oxygen atoms in total. The van der Waals surface area contributed by atoms with Gasteiger partial charge < -0.3 is 14.8 Å². The van der Waals surface area contributed by atoms with E-state index in [2.05, 4.69) is 26.1 Å². The van der Waals surface area contributed by atoms with Crippen molar-refractivity contribution in [1.29, 1.82) is 0 Å². The summed E-state index contributed by atoms with van der Waals surface area (Å²) in [6.45, 7) is 6.31. The molecule has 0 aromatic heterocycles. The molecule has 0 heterocycles. The third kappa shape index (κ3) is 4.28. The van der Waals surface area contributed by atoms with E-state index in [0.717, 1.165) is 12.8 Å². The number of esters is 1. The number of carbonyl (C=O) groups is 2. The van der Waals surface area contributed by atoms with E-state index in [-0.39, 0.29) is 23.9 Å². The van der Waals surface area contributed by atoms with Gasteiger partial charge in [0.15, 0.2) is 6.61 Å². The van der Waals surface area contributed by atoms with E-state index in [0.29, 0.717) is 18.6 Å². The third-order valence-corrected chi connectivity index (χ3v) is 4.50. The Labute approximate surface area is 143 Å². The molecule has 0 saturated heterocycles. The minimum absolute atomic E-state index is 0.0747. The minimum atomic E-state index is -0.884. The zero-order chi connectivity index (χ0) is 17.8. The van der Waals surface area contributed by atoms with Crippen molar-refractivity contribution in [1.82, 2.24) is 5.32 Å². The average molecular weight is 333 g/mol. The number of hydrogen-bond donors (Lipinski definition) is 1. The molecule has 0 spiro atoms. The van der Waals surface area contributed by atoms with E-state index in [1.807, 2.05) is 24.3 Å². The normalized spacial score (nSPS) is 16.5. The van der Waals surface area contributed by atoms with Gasteiger partial charge in [0, 0.05) is 0 Å². The van der Waals surface area contributed by atoms with Crippen molar-refractivity contribution in [2.24, 2.45) is 0 Å². The second kappa shape index (κ2) is 7.24. The fraction of sp³-hybridized carbons (Fsp3) is 0.579. The van der Waals surface area contributed by atoms with Gasteiger partial charge in [-0.2, -0.15) is 0 Å². The Kier molecular flexibility index (Phi) is 5.52. The van der Waals surface area contributed by atoms with Gasteiger partial charge in [-0.15, -0.1) is 0 Å². The maximum atomic E-state index is 12.2. The highest BCUT2D eigenvalue weighted by molar-refractivity contribution is 5.88. The molecule has 1 fully saturated rings. The Balaban J connectivity index is 1.92. The molecular weight excluding hydrogens is 306 g/mol. The van der Waals surface area contributed by atoms with Crippen LogP contribution in [-0.2, 0) is 19.7 Å². The summed E-state index contributed by atoms with van der Waals surface area (Å²) in [7, 11) is 1.35. The van der Waals surface area contributed by atoms with Gasteiger partial charge in [-0.3, -0.25) is 4.79 Å². The predicted octanol–water partition coefficient (Wildman–Crippen LogP) is 2.96. The van der Waals surface area contributed by atoms with Crippen LogP contribution < -0.4 is 10.1 Å². The maximum absolute atomic E-state index is 12.2. The predicted molar refractivity (Wildman–Crippen MR) is 92.0 cm³/mol. The Morgan fingerprint density at radius 2 is 1.71 bits per heavy atom. The summed E-state index contributed by atoms with van der Waals surface area (Å²) in [6.07, 6.45) is 3.05. The summed E-state index contributed by atoms with van der Waals surface area (Å²) >= 11 is 0. The van der Waals surface area contributed by atoms with Crippen LogP contribution in [0.3, 0.4) is 0 Å². The molecule has 1 aliphatic rings. The Morgan fingerprint density at radius 1 is 1.12 bits per heavy atom. The summed E-state index contributed by atoms with van der Waals surface area (Å²) in [5.74, 6) is -0.0400. The van der Waals surface area contributed by atoms with Gasteiger partial charge >= 0.3 is 5.97 Å². The van der Waals surface area contributed by atoms with Crippen molar-refractivity contribution >= 4 is 11.9 Å². The van der Waals surface area contributed by atoms with E-state index in [1.165, 1.54) is 12.7 Å². The standard InChI is InChI=1S/C19H27NO4/c1-18(2,3)14-7-9-15(10-8-14)24-13-16(21)20-19(17(22)23-4)11-5-6-12-19/h7-10H,5-6,11-13H2,1-4H3,(H,20,21). The lowest BCUT2D eigenvalue weighted by Gasteiger charge is -2.27.